The lowest BCUT2D eigenvalue weighted by atomic mass is 9.83. The van der Waals surface area contributed by atoms with Crippen LogP contribution in [-0.2, 0) is 13.1 Å². The first-order chi connectivity index (χ1) is 17.5. The van der Waals surface area contributed by atoms with E-state index < -0.39 is 0 Å². The van der Waals surface area contributed by atoms with Crippen molar-refractivity contribution in [2.24, 2.45) is 5.92 Å². The number of likely N-dealkylation sites (tertiary alicyclic amines) is 1. The second-order valence-corrected chi connectivity index (χ2v) is 10.4. The Morgan fingerprint density at radius 2 is 1.89 bits per heavy atom. The molecule has 2 bridgehead atoms. The third kappa shape index (κ3) is 3.95. The summed E-state index contributed by atoms with van der Waals surface area (Å²) in [7, 11) is 1.66. The van der Waals surface area contributed by atoms with Gasteiger partial charge in [-0.3, -0.25) is 9.59 Å². The number of quaternary nitrogens is 1. The number of piperidine rings is 1. The quantitative estimate of drug-likeness (QED) is 0.430. The van der Waals surface area contributed by atoms with Crippen LogP contribution in [0.3, 0.4) is 0 Å². The third-order valence-corrected chi connectivity index (χ3v) is 8.08. The normalized spacial score (nSPS) is 20.8. The minimum Gasteiger partial charge on any atom is -0.497 e. The molecule has 3 atom stereocenters. The number of carbonyl (C=O) groups is 1. The van der Waals surface area contributed by atoms with Crippen molar-refractivity contribution in [1.29, 1.82) is 0 Å². The van der Waals surface area contributed by atoms with Crippen LogP contribution < -0.4 is 15.2 Å². The van der Waals surface area contributed by atoms with E-state index in [1.807, 2.05) is 41.0 Å². The molecule has 6 heteroatoms. The van der Waals surface area contributed by atoms with Gasteiger partial charge in [-0.05, 0) is 43.2 Å². The Balaban J connectivity index is 1.32. The molecule has 1 fully saturated rings. The van der Waals surface area contributed by atoms with E-state index in [0.717, 1.165) is 66.2 Å². The topological polar surface area (TPSA) is 57.7 Å². The molecule has 0 radical (unpaired) electrons. The van der Waals surface area contributed by atoms with Crippen LogP contribution in [0.2, 0.25) is 0 Å². The third-order valence-electron chi connectivity index (χ3n) is 8.08. The average molecular weight is 483 g/mol. The van der Waals surface area contributed by atoms with Crippen molar-refractivity contribution in [3.8, 4) is 5.75 Å². The van der Waals surface area contributed by atoms with Crippen LogP contribution in [0.1, 0.15) is 39.6 Å². The number of ketones is 1. The molecule has 2 aliphatic heterocycles. The minimum atomic E-state index is 0.0949. The second kappa shape index (κ2) is 9.10. The molecule has 2 aromatic heterocycles. The van der Waals surface area contributed by atoms with E-state index >= 15 is 0 Å². The number of carbonyl (C=O) groups excluding carboxylic acids is 1. The number of benzene rings is 2. The van der Waals surface area contributed by atoms with Gasteiger partial charge < -0.3 is 18.8 Å². The Labute approximate surface area is 210 Å². The van der Waals surface area contributed by atoms with E-state index in [2.05, 4.69) is 35.8 Å². The van der Waals surface area contributed by atoms with Crippen LogP contribution in [0.4, 0.5) is 0 Å². The number of rotatable bonds is 6. The van der Waals surface area contributed by atoms with E-state index in [4.69, 9.17) is 4.74 Å². The van der Waals surface area contributed by atoms with Crippen LogP contribution in [0.5, 0.6) is 5.75 Å². The Morgan fingerprint density at radius 3 is 2.69 bits per heavy atom. The number of hydrogen-bond acceptors (Lipinski definition) is 3. The number of nitrogens with zero attached hydrogens (tertiary/aromatic N) is 2. The Kier molecular flexibility index (Phi) is 5.76. The number of Topliss-reactive ketones (excluding diaryl/α,β-unsaturated/α-hetero) is 1. The van der Waals surface area contributed by atoms with Crippen LogP contribution in [0, 0.1) is 12.8 Å². The highest BCUT2D eigenvalue weighted by Crippen LogP contribution is 2.32. The number of fused-ring (bicyclic) bond motifs is 5. The van der Waals surface area contributed by atoms with Crippen molar-refractivity contribution < 1.29 is 14.4 Å². The molecule has 1 unspecified atom stereocenters. The lowest BCUT2D eigenvalue weighted by Crippen LogP contribution is -3.15. The van der Waals surface area contributed by atoms with Crippen LogP contribution in [0.15, 0.2) is 71.5 Å². The Hall–Kier alpha value is -3.64. The SMILES string of the molecule is COc1ccc2c(c1)c(C(=O)C[NH+]1C[C@H]3C[C@H](C1)c1cccc(=O)n1C3)c(C)n2Cc1ccccc1. The fourth-order valence-corrected chi connectivity index (χ4v) is 6.49. The Bertz CT molecular complexity index is 1500. The molecule has 2 aromatic carbocycles. The van der Waals surface area contributed by atoms with Crippen LogP contribution in [0.25, 0.3) is 10.9 Å². The van der Waals surface area contributed by atoms with Crippen LogP contribution >= 0.6 is 0 Å². The van der Waals surface area contributed by atoms with Crippen molar-refractivity contribution in [3.05, 3.63) is 99.6 Å². The summed E-state index contributed by atoms with van der Waals surface area (Å²) in [5, 5.41) is 0.960. The lowest BCUT2D eigenvalue weighted by molar-refractivity contribution is -0.902. The van der Waals surface area contributed by atoms with E-state index in [0.29, 0.717) is 18.4 Å². The summed E-state index contributed by atoms with van der Waals surface area (Å²) in [5.41, 5.74) is 5.29. The standard InChI is InChI=1S/C30H31N3O3/c1-20-30(25-14-24(36-2)11-12-27(25)32(20)16-21-7-4-3-5-8-21)28(34)19-31-15-22-13-23(18-31)26-9-6-10-29(35)33(26)17-22/h3-12,14,22-23H,13,15-19H2,1-2H3/p+1/t22-,23-/m1/s1. The maximum Gasteiger partial charge on any atom is 0.250 e. The van der Waals surface area contributed by atoms with Crippen molar-refractivity contribution in [3.63, 3.8) is 0 Å². The summed E-state index contributed by atoms with van der Waals surface area (Å²) >= 11 is 0. The number of hydrogen-bond donors (Lipinski definition) is 1. The van der Waals surface area contributed by atoms with Gasteiger partial charge in [0.15, 0.2) is 0 Å². The molecule has 0 spiro atoms. The summed E-state index contributed by atoms with van der Waals surface area (Å²) in [6.07, 6.45) is 1.10. The molecule has 36 heavy (non-hydrogen) atoms. The van der Waals surface area contributed by atoms with Gasteiger partial charge in [0.05, 0.1) is 25.8 Å². The fourth-order valence-electron chi connectivity index (χ4n) is 6.49. The molecule has 6 rings (SSSR count). The lowest BCUT2D eigenvalue weighted by Gasteiger charge is -2.40. The highest BCUT2D eigenvalue weighted by Gasteiger charge is 2.38. The van der Waals surface area contributed by atoms with Gasteiger partial charge in [0.1, 0.15) is 12.3 Å². The summed E-state index contributed by atoms with van der Waals surface area (Å²) in [6.45, 7) is 5.81. The van der Waals surface area contributed by atoms with Crippen molar-refractivity contribution in [1.82, 2.24) is 9.13 Å². The first-order valence-corrected chi connectivity index (χ1v) is 12.8. The predicted molar refractivity (Wildman–Crippen MR) is 140 cm³/mol. The van der Waals surface area contributed by atoms with Gasteiger partial charge in [-0.25, -0.2) is 0 Å². The van der Waals surface area contributed by atoms with E-state index in [-0.39, 0.29) is 11.3 Å². The zero-order valence-corrected chi connectivity index (χ0v) is 20.9. The second-order valence-electron chi connectivity index (χ2n) is 10.4. The molecule has 1 N–H and O–H groups in total. The molecule has 6 nitrogen and oxygen atoms in total. The molecule has 1 saturated heterocycles. The van der Waals surface area contributed by atoms with E-state index in [1.54, 1.807) is 13.2 Å². The highest BCUT2D eigenvalue weighted by atomic mass is 16.5. The van der Waals surface area contributed by atoms with Crippen LogP contribution in [-0.4, -0.2) is 41.7 Å². The number of pyridine rings is 1. The summed E-state index contributed by atoms with van der Waals surface area (Å²) < 4.78 is 9.71. The van der Waals surface area contributed by atoms with Gasteiger partial charge >= 0.3 is 0 Å². The monoisotopic (exact) mass is 482 g/mol. The molecule has 2 aliphatic rings. The van der Waals surface area contributed by atoms with Gasteiger partial charge in [0.2, 0.25) is 5.78 Å². The molecule has 184 valence electrons. The molecular weight excluding hydrogens is 450 g/mol. The molecular formula is C30H32N3O3+. The summed E-state index contributed by atoms with van der Waals surface area (Å²) in [4.78, 5) is 27.6. The summed E-state index contributed by atoms with van der Waals surface area (Å²) in [5.74, 6) is 1.70. The summed E-state index contributed by atoms with van der Waals surface area (Å²) in [6, 6.07) is 22.0. The van der Waals surface area contributed by atoms with Gasteiger partial charge in [0, 0.05) is 53.3 Å². The van der Waals surface area contributed by atoms with Crippen molar-refractivity contribution in [2.75, 3.05) is 26.7 Å². The van der Waals surface area contributed by atoms with E-state index in [9.17, 15) is 9.59 Å². The zero-order valence-electron chi connectivity index (χ0n) is 20.9. The minimum absolute atomic E-state index is 0.0949. The van der Waals surface area contributed by atoms with Crippen molar-refractivity contribution >= 4 is 16.7 Å². The molecule has 0 amide bonds. The number of methoxy groups -OCH3 is 1. The largest absolute Gasteiger partial charge is 0.497 e. The maximum atomic E-state index is 13.9. The first kappa shape index (κ1) is 22.8. The molecule has 4 heterocycles. The average Bonchev–Trinajstić information content (AvgIpc) is 3.15. The van der Waals surface area contributed by atoms with E-state index in [1.165, 1.54) is 10.5 Å². The highest BCUT2D eigenvalue weighted by molar-refractivity contribution is 6.10. The molecule has 0 saturated carbocycles. The molecule has 4 aromatic rings. The van der Waals surface area contributed by atoms with Gasteiger partial charge in [0.25, 0.3) is 5.56 Å². The smallest absolute Gasteiger partial charge is 0.250 e. The number of nitrogens with one attached hydrogen (secondary N) is 1. The Morgan fingerprint density at radius 1 is 1.06 bits per heavy atom. The number of ether oxygens (including phenoxy) is 1. The number of aromatic nitrogens is 2. The zero-order chi connectivity index (χ0) is 24.8. The molecule has 0 aliphatic carbocycles. The maximum absolute atomic E-state index is 13.9. The predicted octanol–water partition coefficient (Wildman–Crippen LogP) is 3.05. The first-order valence-electron chi connectivity index (χ1n) is 12.8. The van der Waals surface area contributed by atoms with Gasteiger partial charge in [-0.1, -0.05) is 36.4 Å². The van der Waals surface area contributed by atoms with Crippen molar-refractivity contribution in [2.45, 2.75) is 32.4 Å². The fraction of sp³-hybridized carbons (Fsp3) is 0.333. The van der Waals surface area contributed by atoms with Gasteiger partial charge in [-0.2, -0.15) is 0 Å². The van der Waals surface area contributed by atoms with Gasteiger partial charge in [-0.15, -0.1) is 0 Å².